The van der Waals surface area contributed by atoms with Crippen LogP contribution in [0.1, 0.15) is 19.8 Å². The van der Waals surface area contributed by atoms with E-state index < -0.39 is 6.04 Å². The average Bonchev–Trinajstić information content (AvgIpc) is 3.16. The number of piperazine rings is 1. The Kier molecular flexibility index (Phi) is 5.68. The largest absolute Gasteiger partial charge is 0.368 e. The molecule has 2 aliphatic heterocycles. The Morgan fingerprint density at radius 3 is 2.16 bits per heavy atom. The van der Waals surface area contributed by atoms with Gasteiger partial charge in [0.2, 0.25) is 5.91 Å². The number of likely N-dealkylation sites (tertiary alicyclic amines) is 1. The molecule has 0 bridgehead atoms. The molecule has 0 aromatic heterocycles. The van der Waals surface area contributed by atoms with Crippen molar-refractivity contribution in [3.05, 3.63) is 29.3 Å². The topological polar surface area (TPSA) is 55.9 Å². The van der Waals surface area contributed by atoms with Gasteiger partial charge in [-0.05, 0) is 44.0 Å². The number of anilines is 1. The predicted molar refractivity (Wildman–Crippen MR) is 99.0 cm³/mol. The van der Waals surface area contributed by atoms with E-state index >= 15 is 0 Å². The predicted octanol–water partition coefficient (Wildman–Crippen LogP) is 2.18. The highest BCUT2D eigenvalue weighted by molar-refractivity contribution is 6.30. The highest BCUT2D eigenvalue weighted by Crippen LogP contribution is 2.19. The van der Waals surface area contributed by atoms with Crippen LogP contribution in [0.25, 0.3) is 0 Å². The van der Waals surface area contributed by atoms with Crippen molar-refractivity contribution in [3.63, 3.8) is 0 Å². The maximum atomic E-state index is 12.4. The first-order chi connectivity index (χ1) is 12.0. The lowest BCUT2D eigenvalue weighted by molar-refractivity contribution is -0.131. The minimum absolute atomic E-state index is 0.0191. The summed E-state index contributed by atoms with van der Waals surface area (Å²) < 4.78 is 0. The summed E-state index contributed by atoms with van der Waals surface area (Å²) in [6, 6.07) is 7.11. The van der Waals surface area contributed by atoms with Gasteiger partial charge < -0.3 is 20.0 Å². The maximum Gasteiger partial charge on any atom is 0.318 e. The third kappa shape index (κ3) is 4.37. The van der Waals surface area contributed by atoms with Gasteiger partial charge >= 0.3 is 6.03 Å². The summed E-state index contributed by atoms with van der Waals surface area (Å²) in [5.41, 5.74) is 1.11. The number of benzene rings is 1. The molecule has 7 heteroatoms. The van der Waals surface area contributed by atoms with E-state index in [0.717, 1.165) is 49.7 Å². The van der Waals surface area contributed by atoms with Gasteiger partial charge in [-0.2, -0.15) is 0 Å². The number of hydrogen-bond donors (Lipinski definition) is 1. The summed E-state index contributed by atoms with van der Waals surface area (Å²) in [4.78, 5) is 30.6. The van der Waals surface area contributed by atoms with E-state index in [9.17, 15) is 9.59 Å². The molecule has 3 rings (SSSR count). The summed E-state index contributed by atoms with van der Waals surface area (Å²) in [7, 11) is 0. The van der Waals surface area contributed by atoms with E-state index in [-0.39, 0.29) is 11.9 Å². The molecule has 2 aliphatic rings. The van der Waals surface area contributed by atoms with Crippen molar-refractivity contribution in [3.8, 4) is 0 Å². The van der Waals surface area contributed by atoms with Crippen LogP contribution in [0.15, 0.2) is 24.3 Å². The molecule has 0 radical (unpaired) electrons. The van der Waals surface area contributed by atoms with Gasteiger partial charge in [0.05, 0.1) is 0 Å². The SMILES string of the molecule is C[C@H](NC(=O)N1CCN(c2ccc(Cl)cc2)CC1)C(=O)N1CCCC1. The highest BCUT2D eigenvalue weighted by Gasteiger charge is 2.27. The Morgan fingerprint density at radius 1 is 0.960 bits per heavy atom. The second-order valence-corrected chi connectivity index (χ2v) is 7.09. The molecule has 0 spiro atoms. The molecule has 1 N–H and O–H groups in total. The summed E-state index contributed by atoms with van der Waals surface area (Å²) in [6.45, 7) is 6.19. The number of nitrogens with one attached hydrogen (secondary N) is 1. The van der Waals surface area contributed by atoms with E-state index in [2.05, 4.69) is 10.2 Å². The van der Waals surface area contributed by atoms with Crippen molar-refractivity contribution in [1.82, 2.24) is 15.1 Å². The minimum atomic E-state index is -0.472. The van der Waals surface area contributed by atoms with E-state index in [4.69, 9.17) is 11.6 Å². The summed E-state index contributed by atoms with van der Waals surface area (Å²) in [6.07, 6.45) is 2.11. The number of urea groups is 1. The average molecular weight is 365 g/mol. The molecule has 6 nitrogen and oxygen atoms in total. The molecule has 136 valence electrons. The number of rotatable bonds is 3. The number of halogens is 1. The van der Waals surface area contributed by atoms with Crippen molar-refractivity contribution >= 4 is 29.2 Å². The fourth-order valence-electron chi connectivity index (χ4n) is 3.37. The van der Waals surface area contributed by atoms with Crippen LogP contribution in [0.5, 0.6) is 0 Å². The number of carbonyl (C=O) groups is 2. The van der Waals surface area contributed by atoms with Gasteiger partial charge in [-0.15, -0.1) is 0 Å². The molecule has 25 heavy (non-hydrogen) atoms. The Bertz CT molecular complexity index is 608. The zero-order valence-corrected chi connectivity index (χ0v) is 15.3. The number of amides is 3. The van der Waals surface area contributed by atoms with Crippen molar-refractivity contribution in [1.29, 1.82) is 0 Å². The van der Waals surface area contributed by atoms with Crippen molar-refractivity contribution < 1.29 is 9.59 Å². The second-order valence-electron chi connectivity index (χ2n) is 6.65. The van der Waals surface area contributed by atoms with Gasteiger partial charge in [-0.3, -0.25) is 4.79 Å². The van der Waals surface area contributed by atoms with Crippen molar-refractivity contribution in [2.75, 3.05) is 44.2 Å². The van der Waals surface area contributed by atoms with E-state index in [1.807, 2.05) is 29.2 Å². The Hall–Kier alpha value is -1.95. The smallest absolute Gasteiger partial charge is 0.318 e. The third-order valence-corrected chi connectivity index (χ3v) is 5.14. The van der Waals surface area contributed by atoms with Crippen molar-refractivity contribution in [2.24, 2.45) is 0 Å². The summed E-state index contributed by atoms with van der Waals surface area (Å²) in [5.74, 6) is 0.0191. The number of hydrogen-bond acceptors (Lipinski definition) is 3. The lowest BCUT2D eigenvalue weighted by Gasteiger charge is -2.36. The molecule has 0 aliphatic carbocycles. The lowest BCUT2D eigenvalue weighted by atomic mass is 10.2. The van der Waals surface area contributed by atoms with Crippen LogP contribution >= 0.6 is 11.6 Å². The number of nitrogens with zero attached hydrogens (tertiary/aromatic N) is 3. The third-order valence-electron chi connectivity index (χ3n) is 4.89. The molecule has 2 fully saturated rings. The van der Waals surface area contributed by atoms with Gasteiger partial charge in [0.15, 0.2) is 0 Å². The van der Waals surface area contributed by atoms with Crippen LogP contribution in [0.4, 0.5) is 10.5 Å². The highest BCUT2D eigenvalue weighted by atomic mass is 35.5. The quantitative estimate of drug-likeness (QED) is 0.894. The molecular weight excluding hydrogens is 340 g/mol. The first-order valence-electron chi connectivity index (χ1n) is 8.89. The normalized spacial score (nSPS) is 19.0. The lowest BCUT2D eigenvalue weighted by Crippen LogP contribution is -2.55. The zero-order chi connectivity index (χ0) is 17.8. The van der Waals surface area contributed by atoms with E-state index in [1.54, 1.807) is 11.8 Å². The van der Waals surface area contributed by atoms with Gasteiger partial charge in [-0.1, -0.05) is 11.6 Å². The van der Waals surface area contributed by atoms with Crippen LogP contribution in [0.2, 0.25) is 5.02 Å². The first-order valence-corrected chi connectivity index (χ1v) is 9.27. The van der Waals surface area contributed by atoms with Crippen LogP contribution < -0.4 is 10.2 Å². The Labute approximate surface area is 153 Å². The minimum Gasteiger partial charge on any atom is -0.368 e. The molecule has 2 saturated heterocycles. The summed E-state index contributed by atoms with van der Waals surface area (Å²) >= 11 is 5.93. The van der Waals surface area contributed by atoms with Crippen LogP contribution in [-0.2, 0) is 4.79 Å². The Balaban J connectivity index is 1.47. The molecule has 0 saturated carbocycles. The van der Waals surface area contributed by atoms with E-state index in [1.165, 1.54) is 0 Å². The molecule has 1 aromatic rings. The number of carbonyl (C=O) groups excluding carboxylic acids is 2. The molecule has 3 amide bonds. The molecule has 2 heterocycles. The molecule has 0 unspecified atom stereocenters. The van der Waals surface area contributed by atoms with E-state index in [0.29, 0.717) is 13.1 Å². The fourth-order valence-corrected chi connectivity index (χ4v) is 3.50. The molecule has 1 atom stereocenters. The van der Waals surface area contributed by atoms with Gasteiger partial charge in [0.25, 0.3) is 0 Å². The second kappa shape index (κ2) is 7.95. The zero-order valence-electron chi connectivity index (χ0n) is 14.6. The van der Waals surface area contributed by atoms with Crippen LogP contribution in [0.3, 0.4) is 0 Å². The Morgan fingerprint density at radius 2 is 1.56 bits per heavy atom. The molecular formula is C18H25ClN4O2. The van der Waals surface area contributed by atoms with Crippen molar-refractivity contribution in [2.45, 2.75) is 25.8 Å². The van der Waals surface area contributed by atoms with Crippen LogP contribution in [0, 0.1) is 0 Å². The fraction of sp³-hybridized carbons (Fsp3) is 0.556. The monoisotopic (exact) mass is 364 g/mol. The maximum absolute atomic E-state index is 12.4. The van der Waals surface area contributed by atoms with Gasteiger partial charge in [0, 0.05) is 50.0 Å². The van der Waals surface area contributed by atoms with Crippen LogP contribution in [-0.4, -0.2) is 67.0 Å². The summed E-state index contributed by atoms with van der Waals surface area (Å²) in [5, 5.41) is 3.57. The van der Waals surface area contributed by atoms with Gasteiger partial charge in [-0.25, -0.2) is 4.79 Å². The van der Waals surface area contributed by atoms with Gasteiger partial charge in [0.1, 0.15) is 6.04 Å². The standard InChI is InChI=1S/C18H25ClN4O2/c1-14(17(24)22-8-2-3-9-22)20-18(25)23-12-10-21(11-13-23)16-6-4-15(19)5-7-16/h4-7,14H,2-3,8-13H2,1H3,(H,20,25)/t14-/m0/s1. The first kappa shape index (κ1) is 17.9. The molecule has 1 aromatic carbocycles.